The van der Waals surface area contributed by atoms with Crippen LogP contribution in [0.1, 0.15) is 60.1 Å². The molecule has 42 heavy (non-hydrogen) atoms. The molecule has 0 aliphatic carbocycles. The number of rotatable bonds is 5. The van der Waals surface area contributed by atoms with Gasteiger partial charge in [0.25, 0.3) is 5.91 Å². The topological polar surface area (TPSA) is 132 Å². The minimum atomic E-state index is -0.896. The third-order valence-electron chi connectivity index (χ3n) is 9.09. The molecule has 0 unspecified atom stereocenters. The number of alkyl halides is 1. The van der Waals surface area contributed by atoms with E-state index in [1.54, 1.807) is 0 Å². The van der Waals surface area contributed by atoms with Crippen LogP contribution < -0.4 is 20.3 Å². The normalized spacial score (nSPS) is 26.0. The second-order valence-corrected chi connectivity index (χ2v) is 12.8. The van der Waals surface area contributed by atoms with Gasteiger partial charge in [-0.25, -0.2) is 8.78 Å². The monoisotopic (exact) mass is 595 g/mol. The van der Waals surface area contributed by atoms with Crippen LogP contribution in [0.25, 0.3) is 10.1 Å². The number of fused-ring (bicyclic) bond motifs is 3. The fourth-order valence-corrected chi connectivity index (χ4v) is 8.06. The van der Waals surface area contributed by atoms with Crippen molar-refractivity contribution in [3.05, 3.63) is 34.8 Å². The molecular weight excluding hydrogens is 564 g/mol. The van der Waals surface area contributed by atoms with Crippen molar-refractivity contribution < 1.29 is 23.4 Å². The van der Waals surface area contributed by atoms with Crippen molar-refractivity contribution in [2.24, 2.45) is 0 Å². The van der Waals surface area contributed by atoms with E-state index in [1.807, 2.05) is 4.90 Å². The van der Waals surface area contributed by atoms with Crippen molar-refractivity contribution in [2.45, 2.75) is 62.9 Å². The molecule has 3 atom stereocenters. The zero-order chi connectivity index (χ0) is 29.2. The van der Waals surface area contributed by atoms with Crippen LogP contribution in [-0.4, -0.2) is 76.5 Å². The van der Waals surface area contributed by atoms with Crippen molar-refractivity contribution in [3.8, 4) is 12.1 Å². The third kappa shape index (κ3) is 4.35. The Bertz CT molecular complexity index is 1630. The van der Waals surface area contributed by atoms with E-state index in [4.69, 9.17) is 15.5 Å². The quantitative estimate of drug-likeness (QED) is 0.453. The lowest BCUT2D eigenvalue weighted by Crippen LogP contribution is -2.43. The van der Waals surface area contributed by atoms with Gasteiger partial charge in [-0.3, -0.25) is 9.69 Å². The number of carbonyl (C=O) groups excluding carboxylic acids is 1. The molecule has 10 nitrogen and oxygen atoms in total. The number of aliphatic hydroxyl groups excluding tert-OH is 1. The zero-order valence-corrected chi connectivity index (χ0v) is 23.8. The Morgan fingerprint density at radius 3 is 2.93 bits per heavy atom. The average Bonchev–Trinajstić information content (AvgIpc) is 3.64. The summed E-state index contributed by atoms with van der Waals surface area (Å²) in [6.45, 7) is 2.43. The maximum Gasteiger partial charge on any atom is 0.318 e. The van der Waals surface area contributed by atoms with Gasteiger partial charge in [-0.15, -0.1) is 11.3 Å². The fourth-order valence-electron chi connectivity index (χ4n) is 7.12. The number of ether oxygens (including phenoxy) is 1. The maximum atomic E-state index is 14.8. The largest absolute Gasteiger partial charge is 0.461 e. The van der Waals surface area contributed by atoms with Gasteiger partial charge in [-0.2, -0.15) is 15.2 Å². The van der Waals surface area contributed by atoms with Gasteiger partial charge in [0.05, 0.1) is 39.8 Å². The zero-order valence-electron chi connectivity index (χ0n) is 23.0. The summed E-state index contributed by atoms with van der Waals surface area (Å²) in [5.74, 6) is -0.528. The Morgan fingerprint density at radius 2 is 2.10 bits per heavy atom. The van der Waals surface area contributed by atoms with Crippen molar-refractivity contribution in [1.82, 2.24) is 14.9 Å². The number of nitriles is 1. The van der Waals surface area contributed by atoms with Crippen molar-refractivity contribution in [3.63, 3.8) is 0 Å². The Morgan fingerprint density at radius 1 is 1.24 bits per heavy atom. The molecule has 0 spiro atoms. The lowest BCUT2D eigenvalue weighted by atomic mass is 9.95. The van der Waals surface area contributed by atoms with Crippen LogP contribution in [-0.2, 0) is 6.54 Å². The third-order valence-corrected chi connectivity index (χ3v) is 10.1. The second kappa shape index (κ2) is 10.3. The van der Waals surface area contributed by atoms with E-state index in [0.29, 0.717) is 60.6 Å². The average molecular weight is 596 g/mol. The molecule has 2 aromatic heterocycles. The Hall–Kier alpha value is -3.60. The predicted molar refractivity (Wildman–Crippen MR) is 154 cm³/mol. The van der Waals surface area contributed by atoms with E-state index in [1.165, 1.54) is 17.0 Å². The van der Waals surface area contributed by atoms with Crippen LogP contribution in [0.3, 0.4) is 0 Å². The van der Waals surface area contributed by atoms with E-state index < -0.39 is 23.6 Å². The molecule has 4 aliphatic rings. The molecule has 3 aromatic rings. The predicted octanol–water partition coefficient (Wildman–Crippen LogP) is 3.75. The summed E-state index contributed by atoms with van der Waals surface area (Å²) in [5, 5.41) is 20.8. The molecule has 0 saturated carbocycles. The summed E-state index contributed by atoms with van der Waals surface area (Å²) in [7, 11) is 0. The van der Waals surface area contributed by atoms with Gasteiger partial charge in [0.2, 0.25) is 0 Å². The van der Waals surface area contributed by atoms with E-state index in [2.05, 4.69) is 16.0 Å². The molecule has 6 heterocycles. The number of amides is 1. The first-order valence-corrected chi connectivity index (χ1v) is 15.2. The number of thiophene rings is 1. The highest BCUT2D eigenvalue weighted by molar-refractivity contribution is 7.23. The van der Waals surface area contributed by atoms with Gasteiger partial charge in [0, 0.05) is 31.4 Å². The summed E-state index contributed by atoms with van der Waals surface area (Å²) < 4.78 is 35.5. The summed E-state index contributed by atoms with van der Waals surface area (Å²) in [6, 6.07) is 4.91. The Labute approximate surface area is 245 Å². The molecule has 3 saturated heterocycles. The fraction of sp³-hybridized carbons (Fsp3) is 0.517. The SMILES string of the molecule is N#Cc1c(N)sc2c(F)ccc(N3Cc4nc(OC[C@@]56CCCN5C[C@H](F)C6)nc(N5CCCC[C@@H](O)C5)c4C3=O)c12. The summed E-state index contributed by atoms with van der Waals surface area (Å²) >= 11 is 0.972. The molecule has 220 valence electrons. The number of halogens is 2. The van der Waals surface area contributed by atoms with Gasteiger partial charge < -0.3 is 25.4 Å². The number of hydrogen-bond acceptors (Lipinski definition) is 10. The van der Waals surface area contributed by atoms with Crippen LogP contribution in [0.5, 0.6) is 6.01 Å². The minimum absolute atomic E-state index is 0.0572. The number of nitrogens with two attached hydrogens (primary N) is 1. The number of anilines is 3. The molecule has 3 fully saturated rings. The van der Waals surface area contributed by atoms with Gasteiger partial charge in [0.15, 0.2) is 0 Å². The van der Waals surface area contributed by atoms with Crippen molar-refractivity contribution in [1.29, 1.82) is 5.26 Å². The number of nitrogens with zero attached hydrogens (tertiary/aromatic N) is 6. The smallest absolute Gasteiger partial charge is 0.318 e. The number of aromatic nitrogens is 2. The molecule has 0 bridgehead atoms. The summed E-state index contributed by atoms with van der Waals surface area (Å²) in [5.41, 5.74) is 6.88. The Balaban J connectivity index is 1.29. The number of hydrogen-bond donors (Lipinski definition) is 2. The first kappa shape index (κ1) is 27.2. The molecule has 1 amide bonds. The van der Waals surface area contributed by atoms with Crippen LogP contribution in [0.2, 0.25) is 0 Å². The highest BCUT2D eigenvalue weighted by Crippen LogP contribution is 2.44. The number of nitrogen functional groups attached to an aromatic ring is 1. The second-order valence-electron chi connectivity index (χ2n) is 11.7. The van der Waals surface area contributed by atoms with Crippen molar-refractivity contribution in [2.75, 3.05) is 48.3 Å². The maximum absolute atomic E-state index is 14.8. The van der Waals surface area contributed by atoms with Crippen molar-refractivity contribution >= 4 is 43.8 Å². The molecule has 7 rings (SSSR count). The molecule has 13 heteroatoms. The lowest BCUT2D eigenvalue weighted by Gasteiger charge is -2.31. The van der Waals surface area contributed by atoms with E-state index >= 15 is 0 Å². The molecular formula is C29H31F2N7O3S. The first-order valence-electron chi connectivity index (χ1n) is 14.4. The molecule has 3 N–H and O–H groups in total. The number of carbonyl (C=O) groups is 1. The summed E-state index contributed by atoms with van der Waals surface area (Å²) in [4.78, 5) is 29.0. The molecule has 1 aromatic carbocycles. The van der Waals surface area contributed by atoms with Gasteiger partial charge in [0.1, 0.15) is 41.0 Å². The van der Waals surface area contributed by atoms with Gasteiger partial charge in [-0.05, 0) is 50.8 Å². The number of benzene rings is 1. The Kier molecular flexibility index (Phi) is 6.67. The highest BCUT2D eigenvalue weighted by atomic mass is 32.1. The van der Waals surface area contributed by atoms with Crippen LogP contribution in [0.4, 0.5) is 25.3 Å². The van der Waals surface area contributed by atoms with Gasteiger partial charge in [-0.1, -0.05) is 0 Å². The van der Waals surface area contributed by atoms with Crippen LogP contribution >= 0.6 is 11.3 Å². The lowest BCUT2D eigenvalue weighted by molar-refractivity contribution is 0.0995. The minimum Gasteiger partial charge on any atom is -0.461 e. The van der Waals surface area contributed by atoms with Gasteiger partial charge >= 0.3 is 6.01 Å². The van der Waals surface area contributed by atoms with Crippen LogP contribution in [0, 0.1) is 17.1 Å². The standard InChI is InChI=1S/C29H31F2N7O3S/c30-16-10-29(7-3-9-37(29)12-16)15-41-28-34-20-14-38(21-6-5-19(31)24-22(21)18(11-32)25(33)42-24)27(40)23(20)26(35-28)36-8-2-1-4-17(39)13-36/h5-6,16-17,39H,1-4,7-10,12-15,33H2/t16-,17-,29+/m1/s1. The molecule has 0 radical (unpaired) electrons. The van der Waals surface area contributed by atoms with E-state index in [0.717, 1.165) is 43.6 Å². The molecule has 4 aliphatic heterocycles. The number of β-amino-alcohol motifs (C(OH)–C–C–N with tert-alkyl or cyclic N) is 1. The highest BCUT2D eigenvalue weighted by Gasteiger charge is 2.49. The van der Waals surface area contributed by atoms with E-state index in [-0.39, 0.29) is 40.3 Å². The summed E-state index contributed by atoms with van der Waals surface area (Å²) in [6.07, 6.45) is 3.06. The number of aliphatic hydroxyl groups is 1. The van der Waals surface area contributed by atoms with Crippen LogP contribution in [0.15, 0.2) is 12.1 Å². The van der Waals surface area contributed by atoms with E-state index in [9.17, 15) is 23.9 Å². The first-order chi connectivity index (χ1) is 20.3.